The van der Waals surface area contributed by atoms with Crippen molar-refractivity contribution in [3.63, 3.8) is 0 Å². The zero-order valence-electron chi connectivity index (χ0n) is 16.5. The number of nitrogens with zero attached hydrogens (tertiary/aromatic N) is 2. The number of hydrogen-bond acceptors (Lipinski definition) is 3. The molecule has 6 heteroatoms. The van der Waals surface area contributed by atoms with E-state index in [1.807, 2.05) is 25.2 Å². The van der Waals surface area contributed by atoms with Crippen molar-refractivity contribution in [2.24, 2.45) is 16.8 Å². The standard InChI is InChI=1S/C21H32N4O2/c1-22-21(25-11-10-17(14-25)15-27-2)23-13-16-6-5-9-19(12-16)24-20(26)18-7-3-4-8-18/h5-6,9,12,17-18H,3-4,7-8,10-11,13-15H2,1-2H3,(H,22,23)(H,24,26). The predicted molar refractivity (Wildman–Crippen MR) is 109 cm³/mol. The lowest BCUT2D eigenvalue weighted by Crippen LogP contribution is -2.39. The lowest BCUT2D eigenvalue weighted by Gasteiger charge is -2.22. The second kappa shape index (κ2) is 9.74. The van der Waals surface area contributed by atoms with E-state index in [1.54, 1.807) is 7.11 Å². The summed E-state index contributed by atoms with van der Waals surface area (Å²) >= 11 is 0. The van der Waals surface area contributed by atoms with Crippen LogP contribution in [0.15, 0.2) is 29.3 Å². The molecule has 0 aromatic heterocycles. The molecule has 1 atom stereocenters. The average molecular weight is 373 g/mol. The Hall–Kier alpha value is -2.08. The topological polar surface area (TPSA) is 66.0 Å². The molecule has 1 saturated heterocycles. The molecule has 2 fully saturated rings. The minimum absolute atomic E-state index is 0.162. The molecular formula is C21H32N4O2. The molecule has 1 saturated carbocycles. The first-order valence-electron chi connectivity index (χ1n) is 10.0. The number of ether oxygens (including phenoxy) is 1. The van der Waals surface area contributed by atoms with E-state index in [0.29, 0.717) is 12.5 Å². The number of carbonyl (C=O) groups excluding carboxylic acids is 1. The predicted octanol–water partition coefficient (Wildman–Crippen LogP) is 2.86. The van der Waals surface area contributed by atoms with Gasteiger partial charge in [-0.25, -0.2) is 0 Å². The van der Waals surface area contributed by atoms with Crippen LogP contribution in [0.25, 0.3) is 0 Å². The lowest BCUT2D eigenvalue weighted by molar-refractivity contribution is -0.119. The van der Waals surface area contributed by atoms with E-state index in [1.165, 1.54) is 12.8 Å². The van der Waals surface area contributed by atoms with Gasteiger partial charge in [0.1, 0.15) is 0 Å². The molecule has 148 valence electrons. The van der Waals surface area contributed by atoms with Gasteiger partial charge in [-0.2, -0.15) is 0 Å². The van der Waals surface area contributed by atoms with Crippen LogP contribution in [0.4, 0.5) is 5.69 Å². The summed E-state index contributed by atoms with van der Waals surface area (Å²) in [4.78, 5) is 19.0. The van der Waals surface area contributed by atoms with Crippen molar-refractivity contribution in [1.29, 1.82) is 0 Å². The third-order valence-corrected chi connectivity index (χ3v) is 5.57. The number of anilines is 1. The maximum absolute atomic E-state index is 12.3. The van der Waals surface area contributed by atoms with E-state index >= 15 is 0 Å². The SMILES string of the molecule is CN=C(NCc1cccc(NC(=O)C2CCCC2)c1)N1CCC(COC)C1. The number of rotatable bonds is 6. The van der Waals surface area contributed by atoms with Crippen LogP contribution in [-0.2, 0) is 16.1 Å². The summed E-state index contributed by atoms with van der Waals surface area (Å²) < 4.78 is 5.28. The Morgan fingerprint density at radius 1 is 1.30 bits per heavy atom. The highest BCUT2D eigenvalue weighted by atomic mass is 16.5. The molecule has 0 radical (unpaired) electrons. The molecule has 1 aliphatic heterocycles. The number of likely N-dealkylation sites (tertiary alicyclic amines) is 1. The van der Waals surface area contributed by atoms with Gasteiger partial charge in [0, 0.05) is 51.3 Å². The minimum Gasteiger partial charge on any atom is -0.384 e. The smallest absolute Gasteiger partial charge is 0.227 e. The first kappa shape index (κ1) is 19.7. The van der Waals surface area contributed by atoms with Crippen molar-refractivity contribution in [2.45, 2.75) is 38.6 Å². The zero-order chi connectivity index (χ0) is 19.1. The van der Waals surface area contributed by atoms with Gasteiger partial charge in [0.2, 0.25) is 5.91 Å². The van der Waals surface area contributed by atoms with Gasteiger partial charge in [-0.05, 0) is 37.0 Å². The summed E-state index contributed by atoms with van der Waals surface area (Å²) in [7, 11) is 3.58. The van der Waals surface area contributed by atoms with E-state index in [9.17, 15) is 4.79 Å². The average Bonchev–Trinajstić information content (AvgIpc) is 3.35. The van der Waals surface area contributed by atoms with E-state index in [4.69, 9.17) is 4.74 Å². The van der Waals surface area contributed by atoms with Gasteiger partial charge in [-0.3, -0.25) is 9.79 Å². The van der Waals surface area contributed by atoms with Crippen molar-refractivity contribution in [2.75, 3.05) is 39.2 Å². The zero-order valence-corrected chi connectivity index (χ0v) is 16.5. The van der Waals surface area contributed by atoms with Crippen LogP contribution in [-0.4, -0.2) is 50.6 Å². The number of benzene rings is 1. The third-order valence-electron chi connectivity index (χ3n) is 5.57. The Labute approximate surface area is 162 Å². The molecule has 0 spiro atoms. The Morgan fingerprint density at radius 2 is 2.11 bits per heavy atom. The number of nitrogens with one attached hydrogen (secondary N) is 2. The summed E-state index contributed by atoms with van der Waals surface area (Å²) in [5, 5.41) is 6.53. The summed E-state index contributed by atoms with van der Waals surface area (Å²) in [5.74, 6) is 1.84. The molecule has 6 nitrogen and oxygen atoms in total. The Kier molecular flexibility index (Phi) is 7.10. The summed E-state index contributed by atoms with van der Waals surface area (Å²) in [6.07, 6.45) is 5.51. The van der Waals surface area contributed by atoms with Crippen molar-refractivity contribution in [3.05, 3.63) is 29.8 Å². The van der Waals surface area contributed by atoms with Crippen LogP contribution >= 0.6 is 0 Å². The van der Waals surface area contributed by atoms with E-state index in [0.717, 1.165) is 56.2 Å². The summed E-state index contributed by atoms with van der Waals surface area (Å²) in [6.45, 7) is 3.47. The fourth-order valence-corrected chi connectivity index (χ4v) is 4.10. The molecule has 0 bridgehead atoms. The molecular weight excluding hydrogens is 340 g/mol. The van der Waals surface area contributed by atoms with Crippen LogP contribution in [0.5, 0.6) is 0 Å². The molecule has 3 rings (SSSR count). The van der Waals surface area contributed by atoms with Crippen LogP contribution in [0.2, 0.25) is 0 Å². The fourth-order valence-electron chi connectivity index (χ4n) is 4.10. The monoisotopic (exact) mass is 372 g/mol. The molecule has 1 unspecified atom stereocenters. The van der Waals surface area contributed by atoms with Crippen molar-refractivity contribution < 1.29 is 9.53 Å². The van der Waals surface area contributed by atoms with Gasteiger partial charge in [0.05, 0.1) is 6.61 Å². The minimum atomic E-state index is 0.162. The van der Waals surface area contributed by atoms with Gasteiger partial charge in [0.15, 0.2) is 5.96 Å². The third kappa shape index (κ3) is 5.45. The molecule has 2 N–H and O–H groups in total. The first-order chi connectivity index (χ1) is 13.2. The van der Waals surface area contributed by atoms with Crippen molar-refractivity contribution >= 4 is 17.6 Å². The Bertz CT molecular complexity index is 655. The number of carbonyl (C=O) groups is 1. The van der Waals surface area contributed by atoms with Gasteiger partial charge in [-0.1, -0.05) is 25.0 Å². The molecule has 27 heavy (non-hydrogen) atoms. The molecule has 1 aromatic carbocycles. The van der Waals surface area contributed by atoms with Crippen LogP contribution < -0.4 is 10.6 Å². The maximum atomic E-state index is 12.3. The van der Waals surface area contributed by atoms with Gasteiger partial charge in [0.25, 0.3) is 0 Å². The number of hydrogen-bond donors (Lipinski definition) is 2. The number of methoxy groups -OCH3 is 1. The molecule has 1 aliphatic carbocycles. The maximum Gasteiger partial charge on any atom is 0.227 e. The number of guanidine groups is 1. The Morgan fingerprint density at radius 3 is 2.85 bits per heavy atom. The van der Waals surface area contributed by atoms with Gasteiger partial charge >= 0.3 is 0 Å². The van der Waals surface area contributed by atoms with Crippen LogP contribution in [0.3, 0.4) is 0 Å². The lowest BCUT2D eigenvalue weighted by atomic mass is 10.1. The highest BCUT2D eigenvalue weighted by molar-refractivity contribution is 5.92. The van der Waals surface area contributed by atoms with Gasteiger partial charge in [-0.15, -0.1) is 0 Å². The Balaban J connectivity index is 1.52. The second-order valence-corrected chi connectivity index (χ2v) is 7.63. The summed E-state index contributed by atoms with van der Waals surface area (Å²) in [5.41, 5.74) is 2.01. The van der Waals surface area contributed by atoms with Crippen molar-refractivity contribution in [1.82, 2.24) is 10.2 Å². The van der Waals surface area contributed by atoms with E-state index < -0.39 is 0 Å². The van der Waals surface area contributed by atoms with Crippen molar-refractivity contribution in [3.8, 4) is 0 Å². The highest BCUT2D eigenvalue weighted by Gasteiger charge is 2.25. The van der Waals surface area contributed by atoms with Gasteiger partial charge < -0.3 is 20.3 Å². The van der Waals surface area contributed by atoms with E-state index in [-0.39, 0.29) is 11.8 Å². The molecule has 1 aromatic rings. The quantitative estimate of drug-likeness (QED) is 0.595. The number of amides is 1. The normalized spacial score (nSPS) is 20.9. The van der Waals surface area contributed by atoms with E-state index in [2.05, 4.69) is 26.6 Å². The largest absolute Gasteiger partial charge is 0.384 e. The first-order valence-corrected chi connectivity index (χ1v) is 10.0. The number of aliphatic imine (C=N–C) groups is 1. The highest BCUT2D eigenvalue weighted by Crippen LogP contribution is 2.26. The second-order valence-electron chi connectivity index (χ2n) is 7.63. The van der Waals surface area contributed by atoms with Crippen LogP contribution in [0.1, 0.15) is 37.7 Å². The summed E-state index contributed by atoms with van der Waals surface area (Å²) in [6, 6.07) is 8.07. The molecule has 1 amide bonds. The molecule has 2 aliphatic rings. The van der Waals surface area contributed by atoms with Crippen LogP contribution in [0, 0.1) is 11.8 Å². The molecule has 1 heterocycles. The fraction of sp³-hybridized carbons (Fsp3) is 0.619.